The Labute approximate surface area is 471 Å². The Hall–Kier alpha value is -9.24. The van der Waals surface area contributed by atoms with Crippen molar-refractivity contribution in [2.75, 3.05) is 9.80 Å². The van der Waals surface area contributed by atoms with Crippen molar-refractivity contribution >= 4 is 90.7 Å². The number of fused-ring (bicyclic) bond motifs is 6. The van der Waals surface area contributed by atoms with Crippen LogP contribution in [0.5, 0.6) is 0 Å². The molecule has 80 heavy (non-hydrogen) atoms. The first-order chi connectivity index (χ1) is 38.8. The fourth-order valence-corrected chi connectivity index (χ4v) is 13.6. The van der Waals surface area contributed by atoms with Crippen LogP contribution in [0, 0.1) is 27.7 Å². The second kappa shape index (κ2) is 18.7. The van der Waals surface area contributed by atoms with Crippen molar-refractivity contribution in [1.29, 1.82) is 0 Å². The van der Waals surface area contributed by atoms with Crippen LogP contribution in [-0.4, -0.2) is 0 Å². The molecule has 12 aromatic rings. The van der Waals surface area contributed by atoms with Gasteiger partial charge in [0, 0.05) is 45.0 Å². The second-order valence-corrected chi connectivity index (χ2v) is 23.5. The van der Waals surface area contributed by atoms with Gasteiger partial charge in [-0.05, 0) is 198 Å². The zero-order chi connectivity index (χ0) is 54.6. The maximum absolute atomic E-state index is 2.44. The Morgan fingerprint density at radius 2 is 0.613 bits per heavy atom. The molecule has 2 heteroatoms. The SMILES string of the molecule is Cc1ccccc1N(c1ccc2c(c1)C(C)(C)c1cc(C=Cc3ccc4ccc5c(C=Cc6ccc7c(c6)C(C)(C)c6cc(N(c8ccccc8C)c8ccccc8C)ccc6-7)ccc6ccc3c4c65)ccc1-2)c1ccccc1C. The van der Waals surface area contributed by atoms with Crippen molar-refractivity contribution in [2.45, 2.75) is 66.2 Å². The molecule has 0 unspecified atom stereocenters. The lowest BCUT2D eigenvalue weighted by Gasteiger charge is -2.30. The van der Waals surface area contributed by atoms with Crippen LogP contribution >= 0.6 is 0 Å². The largest absolute Gasteiger partial charge is 0.310 e. The van der Waals surface area contributed by atoms with Gasteiger partial charge in [-0.2, -0.15) is 0 Å². The number of aryl methyl sites for hydroxylation is 4. The van der Waals surface area contributed by atoms with Gasteiger partial charge in [0.2, 0.25) is 0 Å². The molecule has 0 saturated carbocycles. The Morgan fingerprint density at radius 3 is 0.963 bits per heavy atom. The van der Waals surface area contributed by atoms with Crippen molar-refractivity contribution in [3.05, 3.63) is 285 Å². The normalized spacial score (nSPS) is 13.8. The van der Waals surface area contributed by atoms with Crippen LogP contribution in [0.15, 0.2) is 218 Å². The van der Waals surface area contributed by atoms with E-state index in [0.717, 1.165) is 0 Å². The maximum atomic E-state index is 2.44. The average Bonchev–Trinajstić information content (AvgIpc) is 3.86. The quantitative estimate of drug-likeness (QED) is 0.0995. The first kappa shape index (κ1) is 49.1. The van der Waals surface area contributed by atoms with E-state index in [1.165, 1.54) is 155 Å². The summed E-state index contributed by atoms with van der Waals surface area (Å²) in [6, 6.07) is 81.6. The number of anilines is 6. The lowest BCUT2D eigenvalue weighted by Crippen LogP contribution is -2.17. The number of hydrogen-bond acceptors (Lipinski definition) is 2. The first-order valence-corrected chi connectivity index (χ1v) is 28.3. The molecular formula is C78H64N2. The maximum Gasteiger partial charge on any atom is 0.0490 e. The van der Waals surface area contributed by atoms with Crippen molar-refractivity contribution in [3.8, 4) is 22.3 Å². The van der Waals surface area contributed by atoms with Crippen molar-refractivity contribution in [1.82, 2.24) is 0 Å². The van der Waals surface area contributed by atoms with Crippen LogP contribution in [-0.2, 0) is 10.8 Å². The van der Waals surface area contributed by atoms with Crippen LogP contribution in [0.4, 0.5) is 34.1 Å². The minimum absolute atomic E-state index is 0.187. The molecule has 2 aliphatic carbocycles. The first-order valence-electron chi connectivity index (χ1n) is 28.3. The van der Waals surface area contributed by atoms with Gasteiger partial charge in [-0.15, -0.1) is 0 Å². The molecule has 0 heterocycles. The summed E-state index contributed by atoms with van der Waals surface area (Å²) >= 11 is 0. The van der Waals surface area contributed by atoms with Gasteiger partial charge in [0.05, 0.1) is 0 Å². The molecule has 0 fully saturated rings. The Balaban J connectivity index is 0.758. The second-order valence-electron chi connectivity index (χ2n) is 23.5. The van der Waals surface area contributed by atoms with Crippen LogP contribution in [0.25, 0.3) is 78.9 Å². The number of hydrogen-bond donors (Lipinski definition) is 0. The zero-order valence-electron chi connectivity index (χ0n) is 47.0. The Bertz CT molecular complexity index is 4160. The van der Waals surface area contributed by atoms with E-state index in [0.29, 0.717) is 0 Å². The molecule has 0 bridgehead atoms. The molecule has 0 spiro atoms. The molecule has 0 N–H and O–H groups in total. The molecule has 2 aliphatic rings. The van der Waals surface area contributed by atoms with Crippen molar-refractivity contribution < 1.29 is 0 Å². The molecule has 0 aromatic heterocycles. The number of benzene rings is 12. The number of para-hydroxylation sites is 4. The number of nitrogens with zero attached hydrogens (tertiary/aromatic N) is 2. The molecule has 0 amide bonds. The van der Waals surface area contributed by atoms with E-state index >= 15 is 0 Å². The van der Waals surface area contributed by atoms with Gasteiger partial charge in [-0.3, -0.25) is 0 Å². The van der Waals surface area contributed by atoms with E-state index in [2.05, 4.69) is 308 Å². The molecule has 386 valence electrons. The highest BCUT2D eigenvalue weighted by Gasteiger charge is 2.38. The molecule has 2 nitrogen and oxygen atoms in total. The van der Waals surface area contributed by atoms with E-state index in [4.69, 9.17) is 0 Å². The summed E-state index contributed by atoms with van der Waals surface area (Å²) in [5.74, 6) is 0. The van der Waals surface area contributed by atoms with Gasteiger partial charge >= 0.3 is 0 Å². The predicted molar refractivity (Wildman–Crippen MR) is 344 cm³/mol. The van der Waals surface area contributed by atoms with Gasteiger partial charge < -0.3 is 9.80 Å². The van der Waals surface area contributed by atoms with Gasteiger partial charge in [0.25, 0.3) is 0 Å². The lowest BCUT2D eigenvalue weighted by molar-refractivity contribution is 0.660. The summed E-state index contributed by atoms with van der Waals surface area (Å²) in [5, 5.41) is 7.72. The van der Waals surface area contributed by atoms with Gasteiger partial charge in [-0.25, -0.2) is 0 Å². The molecule has 0 saturated heterocycles. The van der Waals surface area contributed by atoms with Gasteiger partial charge in [0.15, 0.2) is 0 Å². The lowest BCUT2D eigenvalue weighted by atomic mass is 9.81. The highest BCUT2D eigenvalue weighted by molar-refractivity contribution is 6.25. The fraction of sp³-hybridized carbons (Fsp3) is 0.128. The minimum atomic E-state index is -0.187. The third-order valence-corrected chi connectivity index (χ3v) is 18.0. The summed E-state index contributed by atoms with van der Waals surface area (Å²) < 4.78 is 0. The fourth-order valence-electron chi connectivity index (χ4n) is 13.6. The standard InChI is InChI=1S/C78H64N2/c1-49-17-9-13-21-71(49)79(72-22-14-10-18-50(72)2)59-37-43-65-63-39-27-53(45-67(63)77(5,6)69(65)47-59)25-29-55-31-33-57-36-42-62-56(32-34-58-35-41-61(55)75(57)76(58)62)30-26-54-28-40-64-66-44-38-60(48-70(66)78(7,8)68(64)46-54)80(73-23-15-11-19-51(73)3)74-24-16-12-20-52(74)4/h9-48H,1-8H3. The Kier molecular flexibility index (Phi) is 11.5. The average molecular weight is 1030 g/mol. The zero-order valence-corrected chi connectivity index (χ0v) is 47.0. The van der Waals surface area contributed by atoms with Crippen LogP contribution < -0.4 is 9.80 Å². The predicted octanol–water partition coefficient (Wildman–Crippen LogP) is 21.7. The summed E-state index contributed by atoms with van der Waals surface area (Å²) in [6.45, 7) is 18.4. The smallest absolute Gasteiger partial charge is 0.0490 e. The van der Waals surface area contributed by atoms with E-state index in [1.807, 2.05) is 0 Å². The van der Waals surface area contributed by atoms with E-state index in [1.54, 1.807) is 0 Å². The molecule has 0 aliphatic heterocycles. The monoisotopic (exact) mass is 1030 g/mol. The van der Waals surface area contributed by atoms with E-state index < -0.39 is 0 Å². The Morgan fingerprint density at radius 1 is 0.300 bits per heavy atom. The molecule has 12 aromatic carbocycles. The highest BCUT2D eigenvalue weighted by Crippen LogP contribution is 2.54. The molecular weight excluding hydrogens is 965 g/mol. The van der Waals surface area contributed by atoms with E-state index in [9.17, 15) is 0 Å². The van der Waals surface area contributed by atoms with Crippen molar-refractivity contribution in [3.63, 3.8) is 0 Å². The number of rotatable bonds is 10. The summed E-state index contributed by atoms with van der Waals surface area (Å²) in [6.07, 6.45) is 9.26. The van der Waals surface area contributed by atoms with Crippen LogP contribution in [0.2, 0.25) is 0 Å². The third-order valence-electron chi connectivity index (χ3n) is 18.0. The van der Waals surface area contributed by atoms with Gasteiger partial charge in [-0.1, -0.05) is 222 Å². The summed E-state index contributed by atoms with van der Waals surface area (Å²) in [4.78, 5) is 4.87. The van der Waals surface area contributed by atoms with Gasteiger partial charge in [0.1, 0.15) is 0 Å². The molecule has 0 atom stereocenters. The van der Waals surface area contributed by atoms with Crippen molar-refractivity contribution in [2.24, 2.45) is 0 Å². The minimum Gasteiger partial charge on any atom is -0.310 e. The van der Waals surface area contributed by atoms with Crippen LogP contribution in [0.1, 0.15) is 94.5 Å². The molecule has 0 radical (unpaired) electrons. The molecule has 14 rings (SSSR count). The highest BCUT2D eigenvalue weighted by atomic mass is 15.2. The van der Waals surface area contributed by atoms with Crippen LogP contribution in [0.3, 0.4) is 0 Å². The topological polar surface area (TPSA) is 6.48 Å². The van der Waals surface area contributed by atoms with E-state index in [-0.39, 0.29) is 10.8 Å². The summed E-state index contributed by atoms with van der Waals surface area (Å²) in [7, 11) is 0. The summed E-state index contributed by atoms with van der Waals surface area (Å²) in [5.41, 5.74) is 27.3. The third kappa shape index (κ3) is 7.83.